The molecule has 0 unspecified atom stereocenters. The Bertz CT molecular complexity index is 505. The number of amides is 1. The van der Waals surface area contributed by atoms with E-state index in [2.05, 4.69) is 9.98 Å². The number of hydrogen-bond donors (Lipinski definition) is 2. The Morgan fingerprint density at radius 2 is 2.33 bits per heavy atom. The van der Waals surface area contributed by atoms with E-state index in [4.69, 9.17) is 11.5 Å². The normalized spacial score (nSPS) is 14.9. The van der Waals surface area contributed by atoms with Gasteiger partial charge >= 0.3 is 0 Å². The molecule has 0 saturated carbocycles. The Balaban J connectivity index is 2.32. The van der Waals surface area contributed by atoms with Crippen LogP contribution in [0.5, 0.6) is 0 Å². The van der Waals surface area contributed by atoms with Crippen molar-refractivity contribution in [3.8, 4) is 0 Å². The zero-order valence-corrected chi connectivity index (χ0v) is 9.91. The standard InChI is InChI=1S/C12H15N5O/c13-12(14)16-11-10(2-1-5-15-11)9-3-6-17(8-18)7-4-9/h1-3,5,8H,4,6-7H2,(H4,13,14,15,16). The van der Waals surface area contributed by atoms with Crippen molar-refractivity contribution in [2.24, 2.45) is 16.5 Å². The molecule has 0 aromatic carbocycles. The number of pyridine rings is 1. The number of aliphatic imine (C=N–C) groups is 1. The zero-order valence-electron chi connectivity index (χ0n) is 9.91. The molecule has 18 heavy (non-hydrogen) atoms. The van der Waals surface area contributed by atoms with Crippen molar-refractivity contribution in [1.29, 1.82) is 0 Å². The Labute approximate surface area is 105 Å². The van der Waals surface area contributed by atoms with Gasteiger partial charge in [-0.15, -0.1) is 0 Å². The van der Waals surface area contributed by atoms with Gasteiger partial charge in [0.25, 0.3) is 0 Å². The predicted molar refractivity (Wildman–Crippen MR) is 69.9 cm³/mol. The topological polar surface area (TPSA) is 97.6 Å². The molecule has 1 aliphatic rings. The number of rotatable bonds is 3. The average molecular weight is 245 g/mol. The molecule has 1 aliphatic heterocycles. The molecule has 1 amide bonds. The van der Waals surface area contributed by atoms with Gasteiger partial charge in [0.05, 0.1) is 0 Å². The lowest BCUT2D eigenvalue weighted by molar-refractivity contribution is -0.117. The summed E-state index contributed by atoms with van der Waals surface area (Å²) in [6, 6.07) is 3.77. The van der Waals surface area contributed by atoms with Gasteiger partial charge in [0.15, 0.2) is 11.8 Å². The van der Waals surface area contributed by atoms with Gasteiger partial charge in [-0.3, -0.25) is 4.79 Å². The second-order valence-electron chi connectivity index (χ2n) is 3.99. The zero-order chi connectivity index (χ0) is 13.0. The minimum atomic E-state index is -0.0131. The molecule has 2 rings (SSSR count). The minimum Gasteiger partial charge on any atom is -0.370 e. The first-order valence-electron chi connectivity index (χ1n) is 5.64. The van der Waals surface area contributed by atoms with Crippen LogP contribution in [-0.4, -0.2) is 35.3 Å². The molecule has 0 saturated heterocycles. The van der Waals surface area contributed by atoms with Crippen LogP contribution in [0.2, 0.25) is 0 Å². The fourth-order valence-corrected chi connectivity index (χ4v) is 1.88. The highest BCUT2D eigenvalue weighted by molar-refractivity contribution is 5.82. The van der Waals surface area contributed by atoms with Gasteiger partial charge in [-0.25, -0.2) is 4.98 Å². The summed E-state index contributed by atoms with van der Waals surface area (Å²) in [6.45, 7) is 1.31. The number of nitrogens with zero attached hydrogens (tertiary/aromatic N) is 3. The van der Waals surface area contributed by atoms with E-state index in [0.717, 1.165) is 24.0 Å². The van der Waals surface area contributed by atoms with E-state index in [9.17, 15) is 4.79 Å². The molecule has 0 bridgehead atoms. The molecule has 6 nitrogen and oxygen atoms in total. The van der Waals surface area contributed by atoms with E-state index in [1.54, 1.807) is 11.1 Å². The van der Waals surface area contributed by atoms with Crippen LogP contribution in [0.1, 0.15) is 12.0 Å². The molecule has 0 aliphatic carbocycles. The first-order chi connectivity index (χ1) is 8.70. The van der Waals surface area contributed by atoms with Crippen LogP contribution in [0.4, 0.5) is 5.82 Å². The molecule has 2 heterocycles. The molecular weight excluding hydrogens is 230 g/mol. The van der Waals surface area contributed by atoms with Crippen LogP contribution in [0.3, 0.4) is 0 Å². The van der Waals surface area contributed by atoms with Gasteiger partial charge in [0, 0.05) is 24.8 Å². The van der Waals surface area contributed by atoms with Gasteiger partial charge < -0.3 is 16.4 Å². The smallest absolute Gasteiger partial charge is 0.209 e. The highest BCUT2D eigenvalue weighted by Crippen LogP contribution is 2.28. The maximum Gasteiger partial charge on any atom is 0.209 e. The van der Waals surface area contributed by atoms with Crippen molar-refractivity contribution in [2.45, 2.75) is 6.42 Å². The van der Waals surface area contributed by atoms with Crippen LogP contribution in [0.25, 0.3) is 5.57 Å². The van der Waals surface area contributed by atoms with Crippen LogP contribution in [-0.2, 0) is 4.79 Å². The summed E-state index contributed by atoms with van der Waals surface area (Å²) in [7, 11) is 0. The Morgan fingerprint density at radius 1 is 1.50 bits per heavy atom. The summed E-state index contributed by atoms with van der Waals surface area (Å²) in [4.78, 5) is 20.5. The number of aromatic nitrogens is 1. The van der Waals surface area contributed by atoms with E-state index in [1.807, 2.05) is 18.2 Å². The van der Waals surface area contributed by atoms with Crippen molar-refractivity contribution in [3.63, 3.8) is 0 Å². The van der Waals surface area contributed by atoms with Crippen molar-refractivity contribution >= 4 is 23.8 Å². The fourth-order valence-electron chi connectivity index (χ4n) is 1.88. The van der Waals surface area contributed by atoms with Crippen LogP contribution in [0.15, 0.2) is 29.4 Å². The lowest BCUT2D eigenvalue weighted by Gasteiger charge is -2.22. The molecular formula is C12H15N5O. The third-order valence-electron chi connectivity index (χ3n) is 2.76. The van der Waals surface area contributed by atoms with Crippen molar-refractivity contribution in [1.82, 2.24) is 9.88 Å². The summed E-state index contributed by atoms with van der Waals surface area (Å²) in [5.74, 6) is 0.504. The minimum absolute atomic E-state index is 0.0131. The summed E-state index contributed by atoms with van der Waals surface area (Å²) in [5.41, 5.74) is 12.8. The van der Waals surface area contributed by atoms with Crippen molar-refractivity contribution < 1.29 is 4.79 Å². The SMILES string of the molecule is NC(N)=Nc1ncccc1C1=CCN(C=O)CC1. The van der Waals surface area contributed by atoms with Crippen molar-refractivity contribution in [3.05, 3.63) is 30.0 Å². The molecule has 1 aromatic rings. The molecule has 0 fully saturated rings. The molecule has 0 atom stereocenters. The summed E-state index contributed by atoms with van der Waals surface area (Å²) in [5, 5.41) is 0. The summed E-state index contributed by atoms with van der Waals surface area (Å²) >= 11 is 0. The molecule has 6 heteroatoms. The average Bonchev–Trinajstić information content (AvgIpc) is 2.39. The molecule has 0 spiro atoms. The quantitative estimate of drug-likeness (QED) is 0.452. The Hall–Kier alpha value is -2.37. The number of carbonyl (C=O) groups is 1. The Kier molecular flexibility index (Phi) is 3.57. The van der Waals surface area contributed by atoms with E-state index in [-0.39, 0.29) is 5.96 Å². The van der Waals surface area contributed by atoms with Crippen LogP contribution >= 0.6 is 0 Å². The molecule has 94 valence electrons. The highest BCUT2D eigenvalue weighted by Gasteiger charge is 2.14. The van der Waals surface area contributed by atoms with E-state index >= 15 is 0 Å². The lowest BCUT2D eigenvalue weighted by Crippen LogP contribution is -2.26. The molecule has 4 N–H and O–H groups in total. The number of carbonyl (C=O) groups excluding carboxylic acids is 1. The summed E-state index contributed by atoms with van der Waals surface area (Å²) in [6.07, 6.45) is 5.28. The summed E-state index contributed by atoms with van der Waals surface area (Å²) < 4.78 is 0. The first kappa shape index (κ1) is 12.1. The largest absolute Gasteiger partial charge is 0.370 e. The fraction of sp³-hybridized carbons (Fsp3) is 0.250. The second kappa shape index (κ2) is 5.31. The van der Waals surface area contributed by atoms with Crippen molar-refractivity contribution in [2.75, 3.05) is 13.1 Å². The first-order valence-corrected chi connectivity index (χ1v) is 5.64. The van der Waals surface area contributed by atoms with E-state index in [0.29, 0.717) is 18.9 Å². The number of nitrogens with two attached hydrogens (primary N) is 2. The molecule has 0 radical (unpaired) electrons. The number of hydrogen-bond acceptors (Lipinski definition) is 3. The third kappa shape index (κ3) is 2.65. The lowest BCUT2D eigenvalue weighted by atomic mass is 10.0. The van der Waals surface area contributed by atoms with Gasteiger partial charge in [-0.05, 0) is 24.1 Å². The monoisotopic (exact) mass is 245 g/mol. The van der Waals surface area contributed by atoms with Crippen LogP contribution in [0, 0.1) is 0 Å². The Morgan fingerprint density at radius 3 is 2.94 bits per heavy atom. The molecule has 1 aromatic heterocycles. The third-order valence-corrected chi connectivity index (χ3v) is 2.76. The number of guanidine groups is 1. The predicted octanol–water partition coefficient (Wildman–Crippen LogP) is 0.232. The van der Waals surface area contributed by atoms with Gasteiger partial charge in [-0.1, -0.05) is 6.08 Å². The van der Waals surface area contributed by atoms with Gasteiger partial charge in [0.1, 0.15) is 0 Å². The van der Waals surface area contributed by atoms with Crippen LogP contribution < -0.4 is 11.5 Å². The highest BCUT2D eigenvalue weighted by atomic mass is 16.1. The van der Waals surface area contributed by atoms with E-state index < -0.39 is 0 Å². The van der Waals surface area contributed by atoms with Gasteiger partial charge in [0.2, 0.25) is 6.41 Å². The maximum absolute atomic E-state index is 10.6. The second-order valence-corrected chi connectivity index (χ2v) is 3.99. The maximum atomic E-state index is 10.6. The van der Waals surface area contributed by atoms with Gasteiger partial charge in [-0.2, -0.15) is 4.99 Å². The van der Waals surface area contributed by atoms with E-state index in [1.165, 1.54) is 0 Å².